The maximum absolute atomic E-state index is 11.7. The molecule has 3 nitrogen and oxygen atoms in total. The Morgan fingerprint density at radius 2 is 2.18 bits per heavy atom. The van der Waals surface area contributed by atoms with Gasteiger partial charge in [-0.1, -0.05) is 20.8 Å². The molecule has 1 rings (SSSR count). The van der Waals surface area contributed by atoms with E-state index in [-0.39, 0.29) is 17.4 Å². The summed E-state index contributed by atoms with van der Waals surface area (Å²) in [5.74, 6) is 1.10. The number of furan rings is 1. The molecule has 0 saturated heterocycles. The highest BCUT2D eigenvalue weighted by Crippen LogP contribution is 2.18. The van der Waals surface area contributed by atoms with E-state index in [4.69, 9.17) is 4.42 Å². The summed E-state index contributed by atoms with van der Waals surface area (Å²) >= 11 is 0. The lowest BCUT2D eigenvalue weighted by Gasteiger charge is -2.20. The molecule has 1 aromatic heterocycles. The molecule has 0 spiro atoms. The third kappa shape index (κ3) is 6.15. The predicted molar refractivity (Wildman–Crippen MR) is 68.7 cm³/mol. The van der Waals surface area contributed by atoms with Crippen LogP contribution in [-0.2, 0) is 11.2 Å². The van der Waals surface area contributed by atoms with Crippen molar-refractivity contribution in [2.45, 2.75) is 53.0 Å². The Kier molecular flexibility index (Phi) is 4.79. The summed E-state index contributed by atoms with van der Waals surface area (Å²) in [6.07, 6.45) is 4.02. The van der Waals surface area contributed by atoms with Crippen LogP contribution in [0.3, 0.4) is 0 Å². The molecule has 0 aliphatic heterocycles. The minimum atomic E-state index is 0.0464. The van der Waals surface area contributed by atoms with Crippen molar-refractivity contribution in [3.63, 3.8) is 0 Å². The molecule has 0 radical (unpaired) electrons. The van der Waals surface area contributed by atoms with Crippen LogP contribution in [0.25, 0.3) is 0 Å². The molecule has 0 saturated carbocycles. The number of carbonyl (C=O) groups is 1. The molecule has 0 aliphatic rings. The van der Waals surface area contributed by atoms with Crippen LogP contribution >= 0.6 is 0 Å². The van der Waals surface area contributed by atoms with Crippen molar-refractivity contribution in [1.82, 2.24) is 5.32 Å². The summed E-state index contributed by atoms with van der Waals surface area (Å²) < 4.78 is 5.26. The van der Waals surface area contributed by atoms with E-state index in [2.05, 4.69) is 26.1 Å². The third-order valence-corrected chi connectivity index (χ3v) is 2.50. The van der Waals surface area contributed by atoms with E-state index in [1.54, 1.807) is 6.26 Å². The average molecular weight is 237 g/mol. The second kappa shape index (κ2) is 5.89. The smallest absolute Gasteiger partial charge is 0.220 e. The fraction of sp³-hybridized carbons (Fsp3) is 0.643. The lowest BCUT2D eigenvalue weighted by atomic mass is 9.92. The number of rotatable bonds is 5. The Labute approximate surface area is 104 Å². The zero-order valence-corrected chi connectivity index (χ0v) is 11.2. The van der Waals surface area contributed by atoms with Gasteiger partial charge in [0.2, 0.25) is 5.91 Å². The van der Waals surface area contributed by atoms with E-state index in [1.165, 1.54) is 0 Å². The number of nitrogens with one attached hydrogen (secondary N) is 1. The van der Waals surface area contributed by atoms with Crippen LogP contribution in [0.2, 0.25) is 0 Å². The van der Waals surface area contributed by atoms with Crippen molar-refractivity contribution in [1.29, 1.82) is 0 Å². The summed E-state index contributed by atoms with van der Waals surface area (Å²) in [7, 11) is 0. The summed E-state index contributed by atoms with van der Waals surface area (Å²) in [4.78, 5) is 11.7. The van der Waals surface area contributed by atoms with E-state index in [1.807, 2.05) is 19.1 Å². The number of aryl methyl sites for hydroxylation is 1. The van der Waals surface area contributed by atoms with Crippen molar-refractivity contribution in [2.75, 3.05) is 0 Å². The van der Waals surface area contributed by atoms with Gasteiger partial charge >= 0.3 is 0 Å². The van der Waals surface area contributed by atoms with Crippen LogP contribution in [0.15, 0.2) is 22.8 Å². The Bertz CT molecular complexity index is 336. The molecule has 0 fully saturated rings. The molecular weight excluding hydrogens is 214 g/mol. The van der Waals surface area contributed by atoms with Gasteiger partial charge in [-0.2, -0.15) is 0 Å². The number of carbonyl (C=O) groups excluding carboxylic acids is 1. The fourth-order valence-corrected chi connectivity index (χ4v) is 1.69. The highest BCUT2D eigenvalue weighted by molar-refractivity contribution is 5.76. The largest absolute Gasteiger partial charge is 0.469 e. The number of hydrogen-bond donors (Lipinski definition) is 1. The van der Waals surface area contributed by atoms with Gasteiger partial charge in [0.05, 0.1) is 6.26 Å². The maximum atomic E-state index is 11.7. The van der Waals surface area contributed by atoms with Gasteiger partial charge in [-0.25, -0.2) is 0 Å². The first-order valence-corrected chi connectivity index (χ1v) is 6.18. The van der Waals surface area contributed by atoms with E-state index in [9.17, 15) is 4.79 Å². The Morgan fingerprint density at radius 3 is 2.71 bits per heavy atom. The number of hydrogen-bond acceptors (Lipinski definition) is 2. The van der Waals surface area contributed by atoms with Gasteiger partial charge in [0.25, 0.3) is 0 Å². The molecule has 1 amide bonds. The first kappa shape index (κ1) is 13.8. The van der Waals surface area contributed by atoms with Gasteiger partial charge in [-0.3, -0.25) is 4.79 Å². The van der Waals surface area contributed by atoms with Crippen LogP contribution in [0, 0.1) is 5.41 Å². The van der Waals surface area contributed by atoms with Crippen LogP contribution in [-0.4, -0.2) is 11.9 Å². The molecule has 0 bridgehead atoms. The van der Waals surface area contributed by atoms with E-state index in [0.717, 1.165) is 18.6 Å². The molecule has 1 atom stereocenters. The van der Waals surface area contributed by atoms with Gasteiger partial charge in [0.1, 0.15) is 5.76 Å². The molecule has 0 aliphatic carbocycles. The van der Waals surface area contributed by atoms with E-state index < -0.39 is 0 Å². The monoisotopic (exact) mass is 237 g/mol. The van der Waals surface area contributed by atoms with Crippen molar-refractivity contribution in [3.8, 4) is 0 Å². The lowest BCUT2D eigenvalue weighted by Crippen LogP contribution is -2.35. The zero-order chi connectivity index (χ0) is 12.9. The van der Waals surface area contributed by atoms with Gasteiger partial charge < -0.3 is 9.73 Å². The second-order valence-corrected chi connectivity index (χ2v) is 5.82. The van der Waals surface area contributed by atoms with Gasteiger partial charge in [-0.15, -0.1) is 0 Å². The molecule has 96 valence electrons. The van der Waals surface area contributed by atoms with Crippen molar-refractivity contribution >= 4 is 5.91 Å². The maximum Gasteiger partial charge on any atom is 0.220 e. The van der Waals surface area contributed by atoms with Crippen LogP contribution < -0.4 is 5.32 Å². The van der Waals surface area contributed by atoms with Crippen LogP contribution in [0.5, 0.6) is 0 Å². The molecule has 1 unspecified atom stereocenters. The van der Waals surface area contributed by atoms with Gasteiger partial charge in [-0.05, 0) is 30.9 Å². The minimum Gasteiger partial charge on any atom is -0.469 e. The first-order chi connectivity index (χ1) is 7.87. The fourth-order valence-electron chi connectivity index (χ4n) is 1.69. The number of amides is 1. The molecule has 1 N–H and O–H groups in total. The van der Waals surface area contributed by atoms with Crippen molar-refractivity contribution < 1.29 is 9.21 Å². The Morgan fingerprint density at radius 1 is 1.47 bits per heavy atom. The van der Waals surface area contributed by atoms with Crippen LogP contribution in [0.4, 0.5) is 0 Å². The molecule has 3 heteroatoms. The summed E-state index contributed by atoms with van der Waals surface area (Å²) in [6, 6.07) is 4.04. The summed E-state index contributed by atoms with van der Waals surface area (Å²) in [5.41, 5.74) is 0.0464. The highest BCUT2D eigenvalue weighted by Gasteiger charge is 2.17. The minimum absolute atomic E-state index is 0.0464. The quantitative estimate of drug-likeness (QED) is 0.854. The summed E-state index contributed by atoms with van der Waals surface area (Å²) in [6.45, 7) is 8.24. The normalized spacial score (nSPS) is 13.4. The lowest BCUT2D eigenvalue weighted by molar-refractivity contribution is -0.123. The molecule has 1 heterocycles. The van der Waals surface area contributed by atoms with Crippen molar-refractivity contribution in [3.05, 3.63) is 24.2 Å². The topological polar surface area (TPSA) is 42.2 Å². The zero-order valence-electron chi connectivity index (χ0n) is 11.2. The first-order valence-electron chi connectivity index (χ1n) is 6.18. The predicted octanol–water partition coefficient (Wildman–Crippen LogP) is 3.15. The molecule has 0 aromatic carbocycles. The SMILES string of the molecule is CC(CCc1ccco1)NC(=O)CC(C)(C)C. The van der Waals surface area contributed by atoms with E-state index >= 15 is 0 Å². The van der Waals surface area contributed by atoms with Gasteiger partial charge in [0.15, 0.2) is 0 Å². The van der Waals surface area contributed by atoms with Crippen molar-refractivity contribution in [2.24, 2.45) is 5.41 Å². The Hall–Kier alpha value is -1.25. The molecule has 17 heavy (non-hydrogen) atoms. The third-order valence-electron chi connectivity index (χ3n) is 2.50. The highest BCUT2D eigenvalue weighted by atomic mass is 16.3. The standard InChI is InChI=1S/C14H23NO2/c1-11(7-8-12-6-5-9-17-12)15-13(16)10-14(2,3)4/h5-6,9,11H,7-8,10H2,1-4H3,(H,15,16). The summed E-state index contributed by atoms with van der Waals surface area (Å²) in [5, 5.41) is 3.02. The van der Waals surface area contributed by atoms with Crippen LogP contribution in [0.1, 0.15) is 46.3 Å². The molecular formula is C14H23NO2. The van der Waals surface area contributed by atoms with E-state index in [0.29, 0.717) is 6.42 Å². The molecule has 1 aromatic rings. The second-order valence-electron chi connectivity index (χ2n) is 5.82. The Balaban J connectivity index is 2.25. The van der Waals surface area contributed by atoms with Gasteiger partial charge in [0, 0.05) is 18.9 Å². The average Bonchev–Trinajstić information content (AvgIpc) is 2.63.